The highest BCUT2D eigenvalue weighted by molar-refractivity contribution is 6.67. The molecule has 62 valence electrons. The van der Waals surface area contributed by atoms with Crippen LogP contribution in [0.15, 0.2) is 0 Å². The van der Waals surface area contributed by atoms with E-state index in [1.807, 2.05) is 6.92 Å². The van der Waals surface area contributed by atoms with Crippen LogP contribution in [-0.4, -0.2) is 3.79 Å². The van der Waals surface area contributed by atoms with E-state index in [4.69, 9.17) is 34.8 Å². The Morgan fingerprint density at radius 3 is 1.60 bits per heavy atom. The molecule has 10 heavy (non-hydrogen) atoms. The maximum atomic E-state index is 5.66. The lowest BCUT2D eigenvalue weighted by Crippen LogP contribution is -2.17. The Kier molecular flexibility index (Phi) is 4.39. The van der Waals surface area contributed by atoms with Gasteiger partial charge in [-0.3, -0.25) is 0 Å². The highest BCUT2D eigenvalue weighted by Gasteiger charge is 2.28. The second-order valence-corrected chi connectivity index (χ2v) is 5.44. The molecule has 0 aromatic rings. The molecule has 0 saturated carbocycles. The summed E-state index contributed by atoms with van der Waals surface area (Å²) < 4.78 is -1.09. The van der Waals surface area contributed by atoms with Gasteiger partial charge in [-0.05, 0) is 12.3 Å². The summed E-state index contributed by atoms with van der Waals surface area (Å²) in [6.45, 7) is 6.19. The summed E-state index contributed by atoms with van der Waals surface area (Å²) in [5.41, 5.74) is 0. The van der Waals surface area contributed by atoms with Crippen molar-refractivity contribution in [1.29, 1.82) is 0 Å². The summed E-state index contributed by atoms with van der Waals surface area (Å²) in [4.78, 5) is 0. The van der Waals surface area contributed by atoms with Crippen molar-refractivity contribution in [2.75, 3.05) is 0 Å². The van der Waals surface area contributed by atoms with Crippen molar-refractivity contribution in [3.63, 3.8) is 0 Å². The zero-order valence-corrected chi connectivity index (χ0v) is 8.76. The predicted octanol–water partition coefficient (Wildman–Crippen LogP) is 4.04. The van der Waals surface area contributed by atoms with Gasteiger partial charge in [0.25, 0.3) is 0 Å². The van der Waals surface area contributed by atoms with Crippen molar-refractivity contribution in [3.05, 3.63) is 0 Å². The zero-order valence-electron chi connectivity index (χ0n) is 6.50. The van der Waals surface area contributed by atoms with E-state index in [9.17, 15) is 0 Å². The Morgan fingerprint density at radius 2 is 1.50 bits per heavy atom. The van der Waals surface area contributed by atoms with E-state index in [-0.39, 0.29) is 5.92 Å². The lowest BCUT2D eigenvalue weighted by molar-refractivity contribution is 0.444. The fraction of sp³-hybridized carbons (Fsp3) is 1.00. The Labute approximate surface area is 77.8 Å². The van der Waals surface area contributed by atoms with Gasteiger partial charge >= 0.3 is 0 Å². The first-order chi connectivity index (χ1) is 4.34. The van der Waals surface area contributed by atoms with Gasteiger partial charge in [0.2, 0.25) is 0 Å². The van der Waals surface area contributed by atoms with Crippen LogP contribution in [0.1, 0.15) is 27.2 Å². The van der Waals surface area contributed by atoms with Crippen LogP contribution in [0.2, 0.25) is 0 Å². The van der Waals surface area contributed by atoms with Gasteiger partial charge < -0.3 is 0 Å². The second-order valence-electron chi connectivity index (χ2n) is 3.07. The van der Waals surface area contributed by atoms with Gasteiger partial charge in [-0.25, -0.2) is 0 Å². The predicted molar refractivity (Wildman–Crippen MR) is 48.9 cm³/mol. The fourth-order valence-corrected chi connectivity index (χ4v) is 1.11. The molecule has 0 nitrogen and oxygen atoms in total. The molecule has 0 spiro atoms. The number of hydrogen-bond donors (Lipinski definition) is 0. The minimum atomic E-state index is -1.09. The van der Waals surface area contributed by atoms with E-state index in [2.05, 4.69) is 13.8 Å². The second kappa shape index (κ2) is 4.04. The normalized spacial score (nSPS) is 15.9. The summed E-state index contributed by atoms with van der Waals surface area (Å²) in [6, 6.07) is 0. The SMILES string of the molecule is CC(C)CC(C)C(Cl)(Cl)Cl. The van der Waals surface area contributed by atoms with E-state index in [1.54, 1.807) is 0 Å². The van der Waals surface area contributed by atoms with Gasteiger partial charge in [-0.2, -0.15) is 0 Å². The third-order valence-corrected chi connectivity index (χ3v) is 2.50. The van der Waals surface area contributed by atoms with Gasteiger partial charge in [-0.15, -0.1) is 0 Å². The monoisotopic (exact) mass is 202 g/mol. The molecule has 3 heteroatoms. The Morgan fingerprint density at radius 1 is 1.10 bits per heavy atom. The maximum absolute atomic E-state index is 5.66. The minimum Gasteiger partial charge on any atom is -0.0834 e. The van der Waals surface area contributed by atoms with E-state index in [0.717, 1.165) is 6.42 Å². The standard InChI is InChI=1S/C7H13Cl3/c1-5(2)4-6(3)7(8,9)10/h5-6H,4H2,1-3H3. The van der Waals surface area contributed by atoms with E-state index < -0.39 is 3.79 Å². The van der Waals surface area contributed by atoms with Crippen LogP contribution >= 0.6 is 34.8 Å². The summed E-state index contributed by atoms with van der Waals surface area (Å²) in [6.07, 6.45) is 0.955. The Bertz CT molecular complexity index is 93.5. The van der Waals surface area contributed by atoms with Crippen LogP contribution < -0.4 is 0 Å². The quantitative estimate of drug-likeness (QED) is 0.594. The lowest BCUT2D eigenvalue weighted by Gasteiger charge is -2.21. The topological polar surface area (TPSA) is 0 Å². The summed E-state index contributed by atoms with van der Waals surface area (Å²) >= 11 is 17.0. The molecule has 0 rings (SSSR count). The molecule has 0 aromatic heterocycles. The smallest absolute Gasteiger partial charge is 0.0834 e. The first kappa shape index (κ1) is 10.9. The maximum Gasteiger partial charge on any atom is 0.193 e. The van der Waals surface area contributed by atoms with E-state index in [0.29, 0.717) is 5.92 Å². The largest absolute Gasteiger partial charge is 0.193 e. The highest BCUT2D eigenvalue weighted by atomic mass is 35.6. The molecule has 0 radical (unpaired) electrons. The fourth-order valence-electron chi connectivity index (χ4n) is 0.841. The highest BCUT2D eigenvalue weighted by Crippen LogP contribution is 2.37. The first-order valence-corrected chi connectivity index (χ1v) is 4.54. The van der Waals surface area contributed by atoms with Crippen molar-refractivity contribution in [3.8, 4) is 0 Å². The number of alkyl halides is 3. The van der Waals surface area contributed by atoms with Crippen LogP contribution in [0.4, 0.5) is 0 Å². The molecule has 1 atom stereocenters. The molecular formula is C7H13Cl3. The number of rotatable bonds is 2. The van der Waals surface area contributed by atoms with Crippen molar-refractivity contribution in [1.82, 2.24) is 0 Å². The molecule has 0 aliphatic heterocycles. The van der Waals surface area contributed by atoms with Crippen LogP contribution in [0.3, 0.4) is 0 Å². The van der Waals surface area contributed by atoms with Crippen LogP contribution in [0, 0.1) is 11.8 Å². The molecule has 0 fully saturated rings. The molecule has 0 aliphatic rings. The summed E-state index contributed by atoms with van der Waals surface area (Å²) in [5, 5.41) is 0. The van der Waals surface area contributed by atoms with Gasteiger partial charge in [0, 0.05) is 5.92 Å². The Hall–Kier alpha value is 0.870. The van der Waals surface area contributed by atoms with Gasteiger partial charge in [-0.1, -0.05) is 55.6 Å². The van der Waals surface area contributed by atoms with Gasteiger partial charge in [0.05, 0.1) is 0 Å². The van der Waals surface area contributed by atoms with Crippen molar-refractivity contribution in [2.24, 2.45) is 11.8 Å². The third-order valence-electron chi connectivity index (χ3n) is 1.38. The summed E-state index contributed by atoms with van der Waals surface area (Å²) in [7, 11) is 0. The molecule has 0 aliphatic carbocycles. The molecule has 0 amide bonds. The van der Waals surface area contributed by atoms with Crippen molar-refractivity contribution >= 4 is 34.8 Å². The van der Waals surface area contributed by atoms with Gasteiger partial charge in [0.1, 0.15) is 0 Å². The van der Waals surface area contributed by atoms with Crippen molar-refractivity contribution < 1.29 is 0 Å². The number of halogens is 3. The van der Waals surface area contributed by atoms with Crippen molar-refractivity contribution in [2.45, 2.75) is 31.0 Å². The van der Waals surface area contributed by atoms with Crippen LogP contribution in [0.5, 0.6) is 0 Å². The molecule has 0 aromatic carbocycles. The molecule has 0 heterocycles. The minimum absolute atomic E-state index is 0.137. The zero-order chi connectivity index (χ0) is 8.36. The van der Waals surface area contributed by atoms with Crippen LogP contribution in [0.25, 0.3) is 0 Å². The van der Waals surface area contributed by atoms with E-state index >= 15 is 0 Å². The molecule has 0 saturated heterocycles. The lowest BCUT2D eigenvalue weighted by atomic mass is 10.0. The average molecular weight is 204 g/mol. The molecule has 0 N–H and O–H groups in total. The van der Waals surface area contributed by atoms with Crippen LogP contribution in [-0.2, 0) is 0 Å². The Balaban J connectivity index is 3.73. The first-order valence-electron chi connectivity index (χ1n) is 3.40. The van der Waals surface area contributed by atoms with E-state index in [1.165, 1.54) is 0 Å². The average Bonchev–Trinajstić information content (AvgIpc) is 1.60. The molecule has 1 unspecified atom stereocenters. The van der Waals surface area contributed by atoms with Gasteiger partial charge in [0.15, 0.2) is 3.79 Å². The summed E-state index contributed by atoms with van der Waals surface area (Å²) in [5.74, 6) is 0.725. The molecular weight excluding hydrogens is 190 g/mol. The molecule has 0 bridgehead atoms. The third kappa shape index (κ3) is 4.65. The number of hydrogen-bond acceptors (Lipinski definition) is 0.